The highest BCUT2D eigenvalue weighted by Crippen LogP contribution is 2.27. The molecule has 1 aromatic carbocycles. The van der Waals surface area contributed by atoms with E-state index in [-0.39, 0.29) is 11.9 Å². The van der Waals surface area contributed by atoms with Crippen molar-refractivity contribution in [1.29, 1.82) is 0 Å². The third-order valence-electron chi connectivity index (χ3n) is 2.80. The number of nitrogens with two attached hydrogens (primary N) is 1. The minimum absolute atomic E-state index is 0.229. The van der Waals surface area contributed by atoms with Crippen LogP contribution in [0.5, 0.6) is 0 Å². The summed E-state index contributed by atoms with van der Waals surface area (Å²) in [4.78, 5) is 2.05. The van der Waals surface area contributed by atoms with Crippen molar-refractivity contribution in [2.24, 2.45) is 5.73 Å². The number of hydrogen-bond acceptors (Lipinski definition) is 2. The smallest absolute Gasteiger partial charge is 0.130 e. The van der Waals surface area contributed by atoms with E-state index in [4.69, 9.17) is 5.73 Å². The maximum atomic E-state index is 13.7. The molecule has 1 aromatic rings. The zero-order valence-electron chi connectivity index (χ0n) is 10.6. The van der Waals surface area contributed by atoms with Crippen molar-refractivity contribution in [3.05, 3.63) is 42.2 Å². The Bertz CT molecular complexity index is 374. The molecule has 0 heterocycles. The van der Waals surface area contributed by atoms with E-state index in [0.29, 0.717) is 5.56 Å². The van der Waals surface area contributed by atoms with Crippen LogP contribution in [0.1, 0.15) is 31.4 Å². The van der Waals surface area contributed by atoms with E-state index in [1.165, 1.54) is 6.07 Å². The van der Waals surface area contributed by atoms with Gasteiger partial charge >= 0.3 is 0 Å². The molecule has 94 valence electrons. The number of anilines is 1. The van der Waals surface area contributed by atoms with Gasteiger partial charge in [-0.1, -0.05) is 12.1 Å². The van der Waals surface area contributed by atoms with E-state index in [1.54, 1.807) is 13.0 Å². The van der Waals surface area contributed by atoms with Crippen molar-refractivity contribution in [3.8, 4) is 0 Å². The monoisotopic (exact) mass is 236 g/mol. The molecule has 0 aliphatic rings. The van der Waals surface area contributed by atoms with E-state index in [9.17, 15) is 4.39 Å². The van der Waals surface area contributed by atoms with Crippen LogP contribution >= 0.6 is 0 Å². The summed E-state index contributed by atoms with van der Waals surface area (Å²) in [5, 5.41) is 0. The van der Waals surface area contributed by atoms with Crippen molar-refractivity contribution in [1.82, 2.24) is 0 Å². The van der Waals surface area contributed by atoms with Crippen LogP contribution in [0.2, 0.25) is 0 Å². The van der Waals surface area contributed by atoms with Crippen LogP contribution in [0, 0.1) is 5.82 Å². The fourth-order valence-corrected chi connectivity index (χ4v) is 1.90. The largest absolute Gasteiger partial charge is 0.374 e. The molecular formula is C14H21FN2. The average molecular weight is 236 g/mol. The van der Waals surface area contributed by atoms with Gasteiger partial charge in [0.05, 0.1) is 0 Å². The van der Waals surface area contributed by atoms with Crippen molar-refractivity contribution in [2.45, 2.75) is 25.8 Å². The van der Waals surface area contributed by atoms with Gasteiger partial charge in [0.2, 0.25) is 0 Å². The molecule has 0 radical (unpaired) electrons. The molecule has 0 unspecified atom stereocenters. The summed E-state index contributed by atoms with van der Waals surface area (Å²) in [6, 6.07) is 4.80. The summed E-state index contributed by atoms with van der Waals surface area (Å²) in [5.41, 5.74) is 7.30. The first kappa shape index (κ1) is 13.7. The molecule has 1 rings (SSSR count). The zero-order valence-corrected chi connectivity index (χ0v) is 10.6. The number of unbranched alkanes of at least 4 members (excludes halogenated alkanes) is 1. The average Bonchev–Trinajstić information content (AvgIpc) is 2.28. The quantitative estimate of drug-likeness (QED) is 0.607. The topological polar surface area (TPSA) is 29.3 Å². The molecule has 0 amide bonds. The standard InChI is InChI=1S/C14H21FN2/c1-4-5-6-10-17(3)13-9-7-8-12(15)14(13)11(2)16/h4,7-9,11H,1,5-6,10,16H2,2-3H3/t11-/m0/s1. The highest BCUT2D eigenvalue weighted by atomic mass is 19.1. The summed E-state index contributed by atoms with van der Waals surface area (Å²) >= 11 is 0. The van der Waals surface area contributed by atoms with Gasteiger partial charge in [-0.3, -0.25) is 0 Å². The number of benzene rings is 1. The van der Waals surface area contributed by atoms with Crippen molar-refractivity contribution in [2.75, 3.05) is 18.5 Å². The number of hydrogen-bond donors (Lipinski definition) is 1. The summed E-state index contributed by atoms with van der Waals surface area (Å²) in [5.74, 6) is -0.229. The Morgan fingerprint density at radius 1 is 1.53 bits per heavy atom. The maximum absolute atomic E-state index is 13.7. The Morgan fingerprint density at radius 3 is 2.82 bits per heavy atom. The molecule has 0 saturated carbocycles. The van der Waals surface area contributed by atoms with E-state index in [2.05, 4.69) is 6.58 Å². The minimum Gasteiger partial charge on any atom is -0.374 e. The number of allylic oxidation sites excluding steroid dienone is 1. The summed E-state index contributed by atoms with van der Waals surface area (Å²) in [6.45, 7) is 6.37. The van der Waals surface area contributed by atoms with Crippen molar-refractivity contribution < 1.29 is 4.39 Å². The normalized spacial score (nSPS) is 12.2. The summed E-state index contributed by atoms with van der Waals surface area (Å²) in [7, 11) is 1.96. The first-order valence-electron chi connectivity index (χ1n) is 5.94. The Kier molecular flexibility index (Phi) is 5.16. The van der Waals surface area contributed by atoms with Crippen LogP contribution in [0.25, 0.3) is 0 Å². The molecule has 0 fully saturated rings. The van der Waals surface area contributed by atoms with Gasteiger partial charge < -0.3 is 10.6 Å². The van der Waals surface area contributed by atoms with Crippen molar-refractivity contribution in [3.63, 3.8) is 0 Å². The van der Waals surface area contributed by atoms with Gasteiger partial charge in [0.25, 0.3) is 0 Å². The second-order valence-electron chi connectivity index (χ2n) is 4.31. The van der Waals surface area contributed by atoms with Crippen LogP contribution in [0.3, 0.4) is 0 Å². The third kappa shape index (κ3) is 3.56. The molecule has 0 aliphatic carbocycles. The van der Waals surface area contributed by atoms with E-state index in [1.807, 2.05) is 24.1 Å². The molecule has 0 aliphatic heterocycles. The first-order chi connectivity index (χ1) is 8.07. The van der Waals surface area contributed by atoms with E-state index >= 15 is 0 Å². The van der Waals surface area contributed by atoms with E-state index in [0.717, 1.165) is 25.1 Å². The third-order valence-corrected chi connectivity index (χ3v) is 2.80. The van der Waals surface area contributed by atoms with Gasteiger partial charge in [-0.15, -0.1) is 6.58 Å². The lowest BCUT2D eigenvalue weighted by Crippen LogP contribution is -2.22. The predicted molar refractivity (Wildman–Crippen MR) is 71.7 cm³/mol. The Hall–Kier alpha value is -1.35. The van der Waals surface area contributed by atoms with Gasteiger partial charge in [-0.05, 0) is 31.9 Å². The molecule has 0 saturated heterocycles. The molecule has 2 nitrogen and oxygen atoms in total. The van der Waals surface area contributed by atoms with Gasteiger partial charge in [0.1, 0.15) is 5.82 Å². The second kappa shape index (κ2) is 6.40. The van der Waals surface area contributed by atoms with E-state index < -0.39 is 0 Å². The summed E-state index contributed by atoms with van der Waals surface area (Å²) < 4.78 is 13.7. The Morgan fingerprint density at radius 2 is 2.24 bits per heavy atom. The first-order valence-corrected chi connectivity index (χ1v) is 5.94. The molecular weight excluding hydrogens is 215 g/mol. The number of nitrogens with zero attached hydrogens (tertiary/aromatic N) is 1. The molecule has 0 aromatic heterocycles. The second-order valence-corrected chi connectivity index (χ2v) is 4.31. The van der Waals surface area contributed by atoms with Crippen LogP contribution < -0.4 is 10.6 Å². The highest BCUT2D eigenvalue weighted by Gasteiger charge is 2.14. The molecule has 0 bridgehead atoms. The minimum atomic E-state index is -0.298. The highest BCUT2D eigenvalue weighted by molar-refractivity contribution is 5.54. The van der Waals surface area contributed by atoms with Crippen LogP contribution in [-0.2, 0) is 0 Å². The fourth-order valence-electron chi connectivity index (χ4n) is 1.90. The Balaban J connectivity index is 2.88. The van der Waals surface area contributed by atoms with Crippen LogP contribution in [0.4, 0.5) is 10.1 Å². The summed E-state index contributed by atoms with van der Waals surface area (Å²) in [6.07, 6.45) is 3.87. The van der Waals surface area contributed by atoms with Crippen molar-refractivity contribution >= 4 is 5.69 Å². The lowest BCUT2D eigenvalue weighted by atomic mass is 10.0. The zero-order chi connectivity index (χ0) is 12.8. The Labute approximate surface area is 103 Å². The molecule has 2 N–H and O–H groups in total. The fraction of sp³-hybridized carbons (Fsp3) is 0.429. The number of rotatable bonds is 6. The lowest BCUT2D eigenvalue weighted by Gasteiger charge is -2.24. The molecule has 3 heteroatoms. The van der Waals surface area contributed by atoms with Crippen LogP contribution in [0.15, 0.2) is 30.9 Å². The predicted octanol–water partition coefficient (Wildman–Crippen LogP) is 3.25. The van der Waals surface area contributed by atoms with Gasteiger partial charge in [0.15, 0.2) is 0 Å². The molecule has 17 heavy (non-hydrogen) atoms. The number of halogens is 1. The van der Waals surface area contributed by atoms with Gasteiger partial charge in [0, 0.05) is 30.9 Å². The van der Waals surface area contributed by atoms with Gasteiger partial charge in [-0.2, -0.15) is 0 Å². The maximum Gasteiger partial charge on any atom is 0.130 e. The molecule has 0 spiro atoms. The van der Waals surface area contributed by atoms with Crippen LogP contribution in [-0.4, -0.2) is 13.6 Å². The van der Waals surface area contributed by atoms with Gasteiger partial charge in [-0.25, -0.2) is 4.39 Å². The SMILES string of the molecule is C=CCCCN(C)c1cccc(F)c1[C@H](C)N. The lowest BCUT2D eigenvalue weighted by molar-refractivity contribution is 0.592. The molecule has 1 atom stereocenters.